The smallest absolute Gasteiger partial charge is 0.182 e. The van der Waals surface area contributed by atoms with Gasteiger partial charge in [-0.25, -0.2) is 4.98 Å². The van der Waals surface area contributed by atoms with E-state index in [1.165, 1.54) is 16.0 Å². The van der Waals surface area contributed by atoms with Gasteiger partial charge in [-0.2, -0.15) is 0 Å². The lowest BCUT2D eigenvalue weighted by molar-refractivity contribution is 0.0962. The lowest BCUT2D eigenvalue weighted by Crippen LogP contribution is -2.31. The number of pyridine rings is 1. The van der Waals surface area contributed by atoms with Crippen molar-refractivity contribution >= 4 is 23.4 Å². The minimum absolute atomic E-state index is 0.0299. The van der Waals surface area contributed by atoms with Crippen LogP contribution in [0.1, 0.15) is 86.4 Å². The number of nitrogens with zero attached hydrogens (tertiary/aromatic N) is 2. The number of aromatic nitrogens is 1. The topological polar surface area (TPSA) is 57.1 Å². The minimum Gasteiger partial charge on any atom is -0.343 e. The second-order valence-corrected chi connectivity index (χ2v) is 11.5. The molecule has 2 aliphatic rings. The maximum absolute atomic E-state index is 13.4. The lowest BCUT2D eigenvalue weighted by Gasteiger charge is -2.36. The van der Waals surface area contributed by atoms with E-state index in [-0.39, 0.29) is 23.2 Å². The molecule has 1 aromatic carbocycles. The van der Waals surface area contributed by atoms with Gasteiger partial charge >= 0.3 is 0 Å². The maximum atomic E-state index is 13.4. The molecule has 0 unspecified atom stereocenters. The van der Waals surface area contributed by atoms with Crippen LogP contribution in [0.5, 0.6) is 0 Å². The number of ketones is 1. The van der Waals surface area contributed by atoms with Crippen molar-refractivity contribution in [3.63, 3.8) is 0 Å². The Kier molecular flexibility index (Phi) is 5.53. The van der Waals surface area contributed by atoms with Gasteiger partial charge in [-0.3, -0.25) is 10.2 Å². The largest absolute Gasteiger partial charge is 0.343 e. The number of thioether (sulfide) groups is 1. The molecule has 0 saturated heterocycles. The third-order valence-corrected chi connectivity index (χ3v) is 7.69. The molecule has 3 heterocycles. The molecule has 0 amide bonds. The van der Waals surface area contributed by atoms with E-state index in [4.69, 9.17) is 5.41 Å². The molecule has 0 aliphatic carbocycles. The van der Waals surface area contributed by atoms with Gasteiger partial charge < -0.3 is 4.90 Å². The third-order valence-electron chi connectivity index (χ3n) is 6.56. The summed E-state index contributed by atoms with van der Waals surface area (Å²) in [5.74, 6) is 1.56. The van der Waals surface area contributed by atoms with Gasteiger partial charge in [0, 0.05) is 28.3 Å². The highest BCUT2D eigenvalue weighted by Crippen LogP contribution is 2.46. The number of hydrogen-bond acceptors (Lipinski definition) is 4. The van der Waals surface area contributed by atoms with Crippen LogP contribution in [0.15, 0.2) is 29.2 Å². The molecule has 0 fully saturated rings. The average molecular weight is 436 g/mol. The molecule has 0 radical (unpaired) electrons. The Labute approximate surface area is 190 Å². The maximum Gasteiger partial charge on any atom is 0.182 e. The zero-order valence-electron chi connectivity index (χ0n) is 19.6. The van der Waals surface area contributed by atoms with E-state index in [1.807, 2.05) is 22.7 Å². The summed E-state index contributed by atoms with van der Waals surface area (Å²) in [6.07, 6.45) is 1.96. The highest BCUT2D eigenvalue weighted by Gasteiger charge is 2.34. The van der Waals surface area contributed by atoms with Gasteiger partial charge in [0.1, 0.15) is 11.5 Å². The lowest BCUT2D eigenvalue weighted by atomic mass is 9.76. The molecule has 4 nitrogen and oxygen atoms in total. The summed E-state index contributed by atoms with van der Waals surface area (Å²) >= 11 is 1.93. The molecule has 2 aliphatic heterocycles. The molecule has 0 spiro atoms. The number of aryl methyl sites for hydroxylation is 1. The molecule has 4 rings (SSSR count). The summed E-state index contributed by atoms with van der Waals surface area (Å²) in [5, 5.41) is 8.58. The van der Waals surface area contributed by atoms with Crippen LogP contribution in [-0.2, 0) is 23.8 Å². The number of carbonyl (C=O) groups is 1. The summed E-state index contributed by atoms with van der Waals surface area (Å²) in [6, 6.07) is 8.31. The predicted molar refractivity (Wildman–Crippen MR) is 129 cm³/mol. The van der Waals surface area contributed by atoms with Gasteiger partial charge in [-0.1, -0.05) is 47.6 Å². The quantitative estimate of drug-likeness (QED) is 0.622. The standard InChI is InChI=1S/C26H33N3OS/c1-7-18-9-8-16-14-29(24(27)22(16)28-18)15-21(30)17-12-19(25(2,3)4)23-20(13-17)26(5,6)10-11-31-23/h8-9,12-13,27H,7,10-11,14-15H2,1-6H3. The molecule has 164 valence electrons. The zero-order valence-corrected chi connectivity index (χ0v) is 20.4. The van der Waals surface area contributed by atoms with Crippen molar-refractivity contribution < 1.29 is 4.79 Å². The first-order valence-electron chi connectivity index (χ1n) is 11.2. The van der Waals surface area contributed by atoms with E-state index in [1.54, 1.807) is 0 Å². The molecule has 2 aromatic rings. The fraction of sp³-hybridized carbons (Fsp3) is 0.500. The van der Waals surface area contributed by atoms with Gasteiger partial charge in [0.15, 0.2) is 5.78 Å². The fourth-order valence-corrected chi connectivity index (χ4v) is 6.27. The second-order valence-electron chi connectivity index (χ2n) is 10.4. The molecule has 5 heteroatoms. The van der Waals surface area contributed by atoms with Crippen LogP contribution in [0.4, 0.5) is 0 Å². The summed E-state index contributed by atoms with van der Waals surface area (Å²) in [4.78, 5) is 21.3. The van der Waals surface area contributed by atoms with Crippen molar-refractivity contribution in [2.75, 3.05) is 12.3 Å². The average Bonchev–Trinajstić information content (AvgIpc) is 3.01. The molecular formula is C26H33N3OS. The monoisotopic (exact) mass is 435 g/mol. The number of fused-ring (bicyclic) bond motifs is 2. The first-order valence-corrected chi connectivity index (χ1v) is 12.2. The van der Waals surface area contributed by atoms with Gasteiger partial charge in [0.2, 0.25) is 0 Å². The number of amidine groups is 1. The SMILES string of the molecule is CCc1ccc2c(n1)C(=N)N(CC(=O)c1cc(C(C)(C)C)c3c(c1)C(C)(C)CCS3)C2. The van der Waals surface area contributed by atoms with Crippen molar-refractivity contribution in [2.24, 2.45) is 0 Å². The van der Waals surface area contributed by atoms with Crippen LogP contribution in [-0.4, -0.2) is 33.8 Å². The molecule has 0 saturated carbocycles. The normalized spacial score (nSPS) is 17.5. The number of carbonyl (C=O) groups excluding carboxylic acids is 1. The summed E-state index contributed by atoms with van der Waals surface area (Å²) in [7, 11) is 0. The summed E-state index contributed by atoms with van der Waals surface area (Å²) < 4.78 is 0. The Morgan fingerprint density at radius 3 is 2.68 bits per heavy atom. The zero-order chi connectivity index (χ0) is 22.6. The summed E-state index contributed by atoms with van der Waals surface area (Å²) in [5.41, 5.74) is 6.12. The van der Waals surface area contributed by atoms with E-state index in [2.05, 4.69) is 64.7 Å². The number of nitrogens with one attached hydrogen (secondary N) is 1. The first kappa shape index (κ1) is 22.1. The molecular weight excluding hydrogens is 402 g/mol. The first-order chi connectivity index (χ1) is 14.5. The number of Topliss-reactive ketones (excluding diaryl/α,β-unsaturated/α-hetero) is 1. The van der Waals surface area contributed by atoms with E-state index >= 15 is 0 Å². The van der Waals surface area contributed by atoms with Crippen molar-refractivity contribution in [1.29, 1.82) is 5.41 Å². The molecule has 1 N–H and O–H groups in total. The van der Waals surface area contributed by atoms with E-state index in [0.717, 1.165) is 41.1 Å². The number of hydrogen-bond donors (Lipinski definition) is 1. The van der Waals surface area contributed by atoms with Crippen molar-refractivity contribution in [2.45, 2.75) is 76.7 Å². The van der Waals surface area contributed by atoms with Crippen LogP contribution in [0, 0.1) is 5.41 Å². The minimum atomic E-state index is -0.0299. The fourth-order valence-electron chi connectivity index (χ4n) is 4.44. The Hall–Kier alpha value is -2.14. The highest BCUT2D eigenvalue weighted by atomic mass is 32.2. The Morgan fingerprint density at radius 2 is 2.00 bits per heavy atom. The van der Waals surface area contributed by atoms with Crippen LogP contribution >= 0.6 is 11.8 Å². The Bertz CT molecular complexity index is 1050. The third kappa shape index (κ3) is 4.05. The van der Waals surface area contributed by atoms with E-state index < -0.39 is 0 Å². The van der Waals surface area contributed by atoms with Crippen LogP contribution < -0.4 is 0 Å². The Morgan fingerprint density at radius 1 is 1.26 bits per heavy atom. The van der Waals surface area contributed by atoms with Gasteiger partial charge in [0.25, 0.3) is 0 Å². The predicted octanol–water partition coefficient (Wildman–Crippen LogP) is 5.74. The van der Waals surface area contributed by atoms with Crippen molar-refractivity contribution in [1.82, 2.24) is 9.88 Å². The highest BCUT2D eigenvalue weighted by molar-refractivity contribution is 7.99. The van der Waals surface area contributed by atoms with Crippen LogP contribution in [0.3, 0.4) is 0 Å². The van der Waals surface area contributed by atoms with Gasteiger partial charge in [-0.15, -0.1) is 11.8 Å². The van der Waals surface area contributed by atoms with Crippen LogP contribution in [0.2, 0.25) is 0 Å². The van der Waals surface area contributed by atoms with Crippen molar-refractivity contribution in [3.8, 4) is 0 Å². The van der Waals surface area contributed by atoms with Crippen LogP contribution in [0.25, 0.3) is 0 Å². The Balaban J connectivity index is 1.66. The van der Waals surface area contributed by atoms with Gasteiger partial charge in [-0.05, 0) is 58.8 Å². The summed E-state index contributed by atoms with van der Waals surface area (Å²) in [6.45, 7) is 14.1. The molecule has 31 heavy (non-hydrogen) atoms. The van der Waals surface area contributed by atoms with E-state index in [0.29, 0.717) is 12.4 Å². The molecule has 0 atom stereocenters. The molecule has 1 aromatic heterocycles. The van der Waals surface area contributed by atoms with E-state index in [9.17, 15) is 4.79 Å². The number of rotatable bonds is 4. The molecule has 0 bridgehead atoms. The van der Waals surface area contributed by atoms with Crippen molar-refractivity contribution in [3.05, 3.63) is 57.9 Å². The number of benzene rings is 1. The second kappa shape index (κ2) is 7.77. The van der Waals surface area contributed by atoms with Gasteiger partial charge in [0.05, 0.1) is 6.54 Å².